The van der Waals surface area contributed by atoms with Crippen molar-refractivity contribution >= 4 is 29.2 Å². The van der Waals surface area contributed by atoms with Crippen molar-refractivity contribution < 1.29 is 14.7 Å². The van der Waals surface area contributed by atoms with Gasteiger partial charge in [0.05, 0.1) is 23.3 Å². The lowest BCUT2D eigenvalue weighted by atomic mass is 10.1. The first-order valence-electron chi connectivity index (χ1n) is 11.4. The summed E-state index contributed by atoms with van der Waals surface area (Å²) in [5, 5.41) is 20.7. The smallest absolute Gasteiger partial charge is 0.252 e. The number of pyridine rings is 1. The van der Waals surface area contributed by atoms with E-state index in [4.69, 9.17) is 4.98 Å². The van der Waals surface area contributed by atoms with Crippen LogP contribution >= 0.6 is 0 Å². The summed E-state index contributed by atoms with van der Waals surface area (Å²) in [7, 11) is 0. The average Bonchev–Trinajstić information content (AvgIpc) is 3.21. The van der Waals surface area contributed by atoms with E-state index in [9.17, 15) is 14.7 Å². The van der Waals surface area contributed by atoms with Gasteiger partial charge in [-0.2, -0.15) is 5.10 Å². The van der Waals surface area contributed by atoms with Gasteiger partial charge >= 0.3 is 0 Å². The molecule has 0 aliphatic carbocycles. The number of fused-ring (bicyclic) bond motifs is 1. The average molecular weight is 455 g/mol. The largest absolute Gasteiger partial charge is 0.393 e. The summed E-state index contributed by atoms with van der Waals surface area (Å²) in [5.74, 6) is 0.534. The highest BCUT2D eigenvalue weighted by Gasteiger charge is 2.23. The number of amides is 2. The zero-order valence-corrected chi connectivity index (χ0v) is 20.1. The number of piperidine rings is 1. The van der Waals surface area contributed by atoms with E-state index in [2.05, 4.69) is 20.6 Å². The second kappa shape index (κ2) is 10.6. The molecule has 1 aliphatic heterocycles. The van der Waals surface area contributed by atoms with Gasteiger partial charge < -0.3 is 20.6 Å². The first-order chi connectivity index (χ1) is 15.7. The van der Waals surface area contributed by atoms with Crippen LogP contribution in [0.1, 0.15) is 63.9 Å². The summed E-state index contributed by atoms with van der Waals surface area (Å²) in [6.07, 6.45) is 5.29. The lowest BCUT2D eigenvalue weighted by Crippen LogP contribution is -2.36. The molecular formula is C24H34N6O3. The van der Waals surface area contributed by atoms with Gasteiger partial charge in [0.15, 0.2) is 5.65 Å². The van der Waals surface area contributed by atoms with Crippen LogP contribution in [0.4, 0.5) is 5.82 Å². The predicted molar refractivity (Wildman–Crippen MR) is 129 cm³/mol. The van der Waals surface area contributed by atoms with E-state index in [1.807, 2.05) is 51.4 Å². The summed E-state index contributed by atoms with van der Waals surface area (Å²) in [5.41, 5.74) is 3.92. The summed E-state index contributed by atoms with van der Waals surface area (Å²) in [4.78, 5) is 30.8. The fourth-order valence-electron chi connectivity index (χ4n) is 3.86. The molecule has 0 atom stereocenters. The quantitative estimate of drug-likeness (QED) is 0.418. The minimum atomic E-state index is -0.286. The van der Waals surface area contributed by atoms with Gasteiger partial charge in [0.1, 0.15) is 5.82 Å². The Bertz CT molecular complexity index is 1080. The predicted octanol–water partition coefficient (Wildman–Crippen LogP) is 2.69. The van der Waals surface area contributed by atoms with Crippen molar-refractivity contribution in [3.05, 3.63) is 40.7 Å². The van der Waals surface area contributed by atoms with Crippen molar-refractivity contribution in [3.63, 3.8) is 0 Å². The summed E-state index contributed by atoms with van der Waals surface area (Å²) in [6, 6.07) is 1.93. The van der Waals surface area contributed by atoms with Gasteiger partial charge in [0.25, 0.3) is 5.91 Å². The molecule has 1 saturated heterocycles. The third kappa shape index (κ3) is 5.78. The number of aromatic nitrogens is 3. The second-order valence-corrected chi connectivity index (χ2v) is 8.90. The first kappa shape index (κ1) is 24.4. The van der Waals surface area contributed by atoms with Gasteiger partial charge in [-0.1, -0.05) is 5.57 Å². The van der Waals surface area contributed by atoms with Crippen LogP contribution in [0.3, 0.4) is 0 Å². The summed E-state index contributed by atoms with van der Waals surface area (Å²) >= 11 is 0. The Labute approximate surface area is 194 Å². The number of anilines is 1. The molecule has 9 nitrogen and oxygen atoms in total. The number of rotatable bonds is 8. The first-order valence-corrected chi connectivity index (χ1v) is 11.4. The maximum absolute atomic E-state index is 13.2. The Morgan fingerprint density at radius 1 is 1.27 bits per heavy atom. The number of carbonyl (C=O) groups is 2. The highest BCUT2D eigenvalue weighted by Crippen LogP contribution is 2.27. The third-order valence-electron chi connectivity index (χ3n) is 5.98. The lowest BCUT2D eigenvalue weighted by molar-refractivity contribution is -0.108. The molecule has 0 saturated carbocycles. The van der Waals surface area contributed by atoms with Crippen molar-refractivity contribution in [1.29, 1.82) is 0 Å². The minimum absolute atomic E-state index is 0.104. The maximum Gasteiger partial charge on any atom is 0.252 e. The fourth-order valence-corrected chi connectivity index (χ4v) is 3.86. The van der Waals surface area contributed by atoms with Crippen LogP contribution in [-0.4, -0.2) is 57.9 Å². The van der Waals surface area contributed by atoms with E-state index in [1.165, 1.54) is 0 Å². The third-order valence-corrected chi connectivity index (χ3v) is 5.98. The zero-order valence-electron chi connectivity index (χ0n) is 20.1. The van der Waals surface area contributed by atoms with Crippen molar-refractivity contribution in [2.75, 3.05) is 24.5 Å². The van der Waals surface area contributed by atoms with Crippen LogP contribution in [0.2, 0.25) is 0 Å². The number of carbonyl (C=O) groups excluding carboxylic acids is 2. The Balaban J connectivity index is 1.90. The van der Waals surface area contributed by atoms with Gasteiger partial charge in [-0.25, -0.2) is 9.67 Å². The molecule has 1 fully saturated rings. The van der Waals surface area contributed by atoms with Gasteiger partial charge in [-0.05, 0) is 65.2 Å². The SMILES string of the molecule is C/C(=C/C(C)=C(\C)CNC(=O)c1cc(N2CCC(O)CC2)nc2c1cnn2C(C)C)NC=O. The van der Waals surface area contributed by atoms with Gasteiger partial charge in [-0.15, -0.1) is 0 Å². The molecule has 178 valence electrons. The molecular weight excluding hydrogens is 420 g/mol. The molecule has 2 aromatic heterocycles. The normalized spacial score (nSPS) is 16.2. The molecule has 0 radical (unpaired) electrons. The highest BCUT2D eigenvalue weighted by molar-refractivity contribution is 6.06. The van der Waals surface area contributed by atoms with Crippen molar-refractivity contribution in [2.24, 2.45) is 0 Å². The summed E-state index contributed by atoms with van der Waals surface area (Å²) < 4.78 is 1.83. The molecule has 2 amide bonds. The number of nitrogens with one attached hydrogen (secondary N) is 2. The molecule has 33 heavy (non-hydrogen) atoms. The molecule has 0 spiro atoms. The van der Waals surface area contributed by atoms with Gasteiger partial charge in [0, 0.05) is 31.4 Å². The fraction of sp³-hybridized carbons (Fsp3) is 0.500. The van der Waals surface area contributed by atoms with Crippen LogP contribution in [-0.2, 0) is 4.79 Å². The highest BCUT2D eigenvalue weighted by atomic mass is 16.3. The van der Waals surface area contributed by atoms with E-state index >= 15 is 0 Å². The molecule has 0 aromatic carbocycles. The van der Waals surface area contributed by atoms with Crippen LogP contribution in [0, 0.1) is 0 Å². The number of aliphatic hydroxyl groups excluding tert-OH is 1. The molecule has 9 heteroatoms. The second-order valence-electron chi connectivity index (χ2n) is 8.90. The molecule has 3 N–H and O–H groups in total. The molecule has 2 aromatic rings. The Hall–Kier alpha value is -3.20. The van der Waals surface area contributed by atoms with Crippen LogP contribution in [0.25, 0.3) is 11.0 Å². The number of nitrogens with zero attached hydrogens (tertiary/aromatic N) is 4. The van der Waals surface area contributed by atoms with Gasteiger partial charge in [0.2, 0.25) is 6.41 Å². The summed E-state index contributed by atoms with van der Waals surface area (Å²) in [6.45, 7) is 11.5. The molecule has 3 heterocycles. The topological polar surface area (TPSA) is 112 Å². The van der Waals surface area contributed by atoms with E-state index in [-0.39, 0.29) is 18.1 Å². The number of allylic oxidation sites excluding steroid dienone is 3. The van der Waals surface area contributed by atoms with E-state index < -0.39 is 0 Å². The molecule has 0 bridgehead atoms. The standard InChI is InChI=1S/C24H34N6O3/c1-15(2)30-23-21(13-27-30)20(11-22(28-23)29-8-6-19(32)7-9-29)24(33)25-12-17(4)16(3)10-18(5)26-14-31/h10-11,13-15,19,32H,6-9,12H2,1-5H3,(H,25,33)(H,26,31)/b17-16+,18-10-. The molecule has 0 unspecified atom stereocenters. The Morgan fingerprint density at radius 3 is 2.61 bits per heavy atom. The Morgan fingerprint density at radius 2 is 1.97 bits per heavy atom. The minimum Gasteiger partial charge on any atom is -0.393 e. The number of hydrogen-bond donors (Lipinski definition) is 3. The number of aliphatic hydroxyl groups is 1. The van der Waals surface area contributed by atoms with Crippen molar-refractivity contribution in [3.8, 4) is 0 Å². The van der Waals surface area contributed by atoms with Crippen LogP contribution in [0.5, 0.6) is 0 Å². The lowest BCUT2D eigenvalue weighted by Gasteiger charge is -2.30. The Kier molecular flexibility index (Phi) is 7.86. The molecule has 3 rings (SSSR count). The van der Waals surface area contributed by atoms with E-state index in [0.29, 0.717) is 55.5 Å². The number of hydrogen-bond acceptors (Lipinski definition) is 6. The van der Waals surface area contributed by atoms with Crippen molar-refractivity contribution in [1.82, 2.24) is 25.4 Å². The van der Waals surface area contributed by atoms with Crippen LogP contribution in [0.15, 0.2) is 35.2 Å². The monoisotopic (exact) mass is 454 g/mol. The molecule has 1 aliphatic rings. The maximum atomic E-state index is 13.2. The van der Waals surface area contributed by atoms with Gasteiger partial charge in [-0.3, -0.25) is 9.59 Å². The zero-order chi connectivity index (χ0) is 24.1. The van der Waals surface area contributed by atoms with Crippen molar-refractivity contribution in [2.45, 2.75) is 59.6 Å². The van der Waals surface area contributed by atoms with Crippen LogP contribution < -0.4 is 15.5 Å². The van der Waals surface area contributed by atoms with E-state index in [1.54, 1.807) is 6.20 Å². The van der Waals surface area contributed by atoms with E-state index in [0.717, 1.165) is 22.7 Å².